The third kappa shape index (κ3) is 7.64. The molecule has 3 aliphatic rings. The second-order valence-corrected chi connectivity index (χ2v) is 17.2. The summed E-state index contributed by atoms with van der Waals surface area (Å²) in [7, 11) is -3.18. The molecule has 7 rings (SSSR count). The smallest absolute Gasteiger partial charge is 0.356 e. The molecule has 0 amide bonds. The van der Waals surface area contributed by atoms with Crippen LogP contribution in [0.15, 0.2) is 42.9 Å². The maximum Gasteiger partial charge on any atom is 0.393 e. The average molecular weight is 737 g/mol. The number of alkyl halides is 3. The van der Waals surface area contributed by atoms with Gasteiger partial charge in [-0.3, -0.25) is 9.80 Å². The second kappa shape index (κ2) is 14.2. The number of piperazine rings is 1. The molecule has 0 radical (unpaired) electrons. The van der Waals surface area contributed by atoms with Gasteiger partial charge in [0.05, 0.1) is 23.8 Å². The number of likely N-dealkylation sites (tertiary alicyclic amines) is 1. The summed E-state index contributed by atoms with van der Waals surface area (Å²) in [5.41, 5.74) is 5.24. The normalized spacial score (nSPS) is 20.1. The first-order valence-electron chi connectivity index (χ1n) is 18.2. The average Bonchev–Trinajstić information content (AvgIpc) is 3.47. The molecular formula is C38H47F3N8O2S. The van der Waals surface area contributed by atoms with Crippen molar-refractivity contribution in [3.05, 3.63) is 65.1 Å². The zero-order valence-corrected chi connectivity index (χ0v) is 31.0. The molecule has 14 heteroatoms. The number of nitrogens with zero attached hydrogens (tertiary/aromatic N) is 8. The van der Waals surface area contributed by atoms with Crippen molar-refractivity contribution in [2.24, 2.45) is 5.41 Å². The number of benzene rings is 2. The minimum atomic E-state index is -4.27. The molecule has 3 aliphatic heterocycles. The Kier molecular flexibility index (Phi) is 10.0. The fourth-order valence-corrected chi connectivity index (χ4v) is 9.52. The number of fused-ring (bicyclic) bond motifs is 2. The van der Waals surface area contributed by atoms with Gasteiger partial charge >= 0.3 is 6.18 Å². The Morgan fingerprint density at radius 1 is 0.962 bits per heavy atom. The number of aryl methyl sites for hydroxylation is 1. The van der Waals surface area contributed by atoms with Gasteiger partial charge in [0, 0.05) is 80.9 Å². The summed E-state index contributed by atoms with van der Waals surface area (Å²) in [5, 5.41) is 11.8. The SMILES string of the molecule is Cc1c(CN2CCC3(CC2)CCN(c2ncnc4ccc(CC(F)(F)F)cc24)CC3)ccc2c1c(C#N)cn2CC(C)N1CCN(S(C)(=O)=O)CC1. The van der Waals surface area contributed by atoms with E-state index in [9.17, 15) is 26.9 Å². The van der Waals surface area contributed by atoms with E-state index in [-0.39, 0.29) is 17.0 Å². The van der Waals surface area contributed by atoms with Crippen LogP contribution in [0.25, 0.3) is 21.8 Å². The van der Waals surface area contributed by atoms with E-state index in [1.807, 2.05) is 6.20 Å². The van der Waals surface area contributed by atoms with Gasteiger partial charge in [-0.05, 0) is 92.9 Å². The molecule has 1 atom stereocenters. The third-order valence-electron chi connectivity index (χ3n) is 11.9. The molecule has 2 aromatic heterocycles. The summed E-state index contributed by atoms with van der Waals surface area (Å²) in [5.74, 6) is 0.722. The van der Waals surface area contributed by atoms with E-state index in [4.69, 9.17) is 0 Å². The highest BCUT2D eigenvalue weighted by atomic mass is 32.2. The van der Waals surface area contributed by atoms with Gasteiger partial charge in [0.1, 0.15) is 18.2 Å². The van der Waals surface area contributed by atoms with Crippen molar-refractivity contribution in [3.63, 3.8) is 0 Å². The molecule has 52 heavy (non-hydrogen) atoms. The van der Waals surface area contributed by atoms with Crippen LogP contribution >= 0.6 is 0 Å². The lowest BCUT2D eigenvalue weighted by atomic mass is 9.71. The van der Waals surface area contributed by atoms with Crippen LogP contribution in [0.2, 0.25) is 0 Å². The van der Waals surface area contributed by atoms with E-state index in [0.29, 0.717) is 49.2 Å². The van der Waals surface area contributed by atoms with Gasteiger partial charge in [0.15, 0.2) is 0 Å². The molecule has 0 bridgehead atoms. The van der Waals surface area contributed by atoms with E-state index in [1.165, 1.54) is 28.5 Å². The Labute approximate surface area is 303 Å². The van der Waals surface area contributed by atoms with Crippen LogP contribution in [0.1, 0.15) is 54.9 Å². The van der Waals surface area contributed by atoms with Gasteiger partial charge in [-0.2, -0.15) is 22.7 Å². The zero-order chi connectivity index (χ0) is 36.8. The lowest BCUT2D eigenvalue weighted by Crippen LogP contribution is -2.51. The molecule has 2 aromatic carbocycles. The summed E-state index contributed by atoms with van der Waals surface area (Å²) >= 11 is 0. The van der Waals surface area contributed by atoms with Gasteiger partial charge in [0.25, 0.3) is 0 Å². The van der Waals surface area contributed by atoms with E-state index >= 15 is 0 Å². The van der Waals surface area contributed by atoms with Crippen molar-refractivity contribution >= 4 is 37.6 Å². The highest BCUT2D eigenvalue weighted by Crippen LogP contribution is 2.43. The minimum absolute atomic E-state index is 0.188. The number of aromatic nitrogens is 3. The van der Waals surface area contributed by atoms with E-state index in [1.54, 1.807) is 12.1 Å². The highest BCUT2D eigenvalue weighted by molar-refractivity contribution is 7.88. The number of halogens is 3. The van der Waals surface area contributed by atoms with Gasteiger partial charge in [-0.25, -0.2) is 18.4 Å². The fraction of sp³-hybridized carbons (Fsp3) is 0.553. The van der Waals surface area contributed by atoms with Crippen LogP contribution in [0.5, 0.6) is 0 Å². The number of nitriles is 1. The summed E-state index contributed by atoms with van der Waals surface area (Å²) in [6.45, 7) is 11.8. The Morgan fingerprint density at radius 2 is 1.65 bits per heavy atom. The van der Waals surface area contributed by atoms with Crippen molar-refractivity contribution < 1.29 is 21.6 Å². The Hall–Kier alpha value is -3.77. The molecule has 1 unspecified atom stereocenters. The van der Waals surface area contributed by atoms with E-state index in [0.717, 1.165) is 80.7 Å². The van der Waals surface area contributed by atoms with Gasteiger partial charge in [-0.15, -0.1) is 0 Å². The molecule has 1 spiro atoms. The predicted molar refractivity (Wildman–Crippen MR) is 197 cm³/mol. The molecule has 278 valence electrons. The van der Waals surface area contributed by atoms with Gasteiger partial charge in [0.2, 0.25) is 10.0 Å². The van der Waals surface area contributed by atoms with Crippen LogP contribution in [-0.4, -0.2) is 108 Å². The molecule has 0 aliphatic carbocycles. The number of anilines is 1. The van der Waals surface area contributed by atoms with E-state index in [2.05, 4.69) is 61.3 Å². The first kappa shape index (κ1) is 36.6. The standard InChI is InChI=1S/C38H47F3N8O2S/c1-27(46-16-18-49(19-17-46)52(3,50)51)23-48-25-31(22-42)35-28(2)30(5-7-34(35)48)24-45-12-8-37(9-13-45)10-14-47(15-11-37)36-32-20-29(21-38(39,40)41)4-6-33(32)43-26-44-36/h4-7,20,25-27H,8-19,21,23-24H2,1-3H3. The maximum absolute atomic E-state index is 13.1. The molecular weight excluding hydrogens is 690 g/mol. The third-order valence-corrected chi connectivity index (χ3v) is 13.2. The van der Waals surface area contributed by atoms with Crippen LogP contribution in [0, 0.1) is 23.7 Å². The fourth-order valence-electron chi connectivity index (χ4n) is 8.70. The topological polar surface area (TPSA) is 102 Å². The molecule has 10 nitrogen and oxygen atoms in total. The van der Waals surface area contributed by atoms with Crippen LogP contribution in [-0.2, 0) is 29.5 Å². The minimum Gasteiger partial charge on any atom is -0.356 e. The molecule has 3 fully saturated rings. The second-order valence-electron chi connectivity index (χ2n) is 15.2. The first-order valence-corrected chi connectivity index (χ1v) is 20.1. The van der Waals surface area contributed by atoms with Gasteiger partial charge in [-0.1, -0.05) is 12.1 Å². The number of rotatable bonds is 8. The molecule has 0 N–H and O–H groups in total. The quantitative estimate of drug-likeness (QED) is 0.227. The number of hydrogen-bond donors (Lipinski definition) is 0. The lowest BCUT2D eigenvalue weighted by molar-refractivity contribution is -0.127. The summed E-state index contributed by atoms with van der Waals surface area (Å²) in [6.07, 6.45) is 3.73. The molecule has 5 heterocycles. The van der Waals surface area contributed by atoms with E-state index < -0.39 is 22.6 Å². The maximum atomic E-state index is 13.1. The molecule has 3 saturated heterocycles. The van der Waals surface area contributed by atoms with Crippen LogP contribution < -0.4 is 4.90 Å². The van der Waals surface area contributed by atoms with Gasteiger partial charge < -0.3 is 9.47 Å². The Bertz CT molecular complexity index is 2080. The number of sulfonamides is 1. The van der Waals surface area contributed by atoms with Crippen molar-refractivity contribution in [3.8, 4) is 6.07 Å². The lowest BCUT2D eigenvalue weighted by Gasteiger charge is -2.47. The monoisotopic (exact) mass is 736 g/mol. The summed E-state index contributed by atoms with van der Waals surface area (Å²) in [4.78, 5) is 15.9. The van der Waals surface area contributed by atoms with Crippen molar-refractivity contribution in [2.75, 3.05) is 63.5 Å². The van der Waals surface area contributed by atoms with Crippen molar-refractivity contribution in [2.45, 2.75) is 71.3 Å². The highest BCUT2D eigenvalue weighted by Gasteiger charge is 2.38. The largest absolute Gasteiger partial charge is 0.393 e. The van der Waals surface area contributed by atoms with Crippen molar-refractivity contribution in [1.29, 1.82) is 5.26 Å². The predicted octanol–water partition coefficient (Wildman–Crippen LogP) is 5.72. The van der Waals surface area contributed by atoms with Crippen molar-refractivity contribution in [1.82, 2.24) is 28.6 Å². The van der Waals surface area contributed by atoms with Crippen LogP contribution in [0.4, 0.5) is 19.0 Å². The molecule has 4 aromatic rings. The summed E-state index contributed by atoms with van der Waals surface area (Å²) in [6, 6.07) is 11.7. The Morgan fingerprint density at radius 3 is 2.31 bits per heavy atom. The number of hydrogen-bond acceptors (Lipinski definition) is 8. The Balaban J connectivity index is 0.973. The summed E-state index contributed by atoms with van der Waals surface area (Å²) < 4.78 is 67.0. The number of piperidine rings is 2. The van der Waals surface area contributed by atoms with Crippen LogP contribution in [0.3, 0.4) is 0 Å². The zero-order valence-electron chi connectivity index (χ0n) is 30.2. The molecule has 0 saturated carbocycles. The first-order chi connectivity index (χ1) is 24.7.